The Morgan fingerprint density at radius 2 is 1.87 bits per heavy atom. The molecular weight excluding hydrogens is 322 g/mol. The van der Waals surface area contributed by atoms with Crippen molar-refractivity contribution in [1.29, 1.82) is 0 Å². The normalized spacial score (nSPS) is 17.9. The summed E-state index contributed by atoms with van der Waals surface area (Å²) in [6.45, 7) is 0. The van der Waals surface area contributed by atoms with Crippen LogP contribution in [0.2, 0.25) is 0 Å². The number of nitrogens with one attached hydrogen (secondary N) is 1. The molecule has 0 aliphatic carbocycles. The van der Waals surface area contributed by atoms with Crippen molar-refractivity contribution in [2.45, 2.75) is 12.8 Å². The maximum absolute atomic E-state index is 12.2. The Balaban J connectivity index is 1.73. The molecule has 1 fully saturated rings. The van der Waals surface area contributed by atoms with E-state index in [-0.39, 0.29) is 29.1 Å². The quantitative estimate of drug-likeness (QED) is 0.884. The minimum absolute atomic E-state index is 0.0355. The molecule has 1 aliphatic heterocycles. The van der Waals surface area contributed by atoms with Gasteiger partial charge in [0.1, 0.15) is 15.4 Å². The van der Waals surface area contributed by atoms with E-state index >= 15 is 0 Å². The molecule has 1 aromatic carbocycles. The molecule has 0 spiro atoms. The third kappa shape index (κ3) is 3.37. The zero-order valence-corrected chi connectivity index (χ0v) is 12.9. The Morgan fingerprint density at radius 3 is 2.52 bits per heavy atom. The van der Waals surface area contributed by atoms with Crippen LogP contribution in [0.25, 0.3) is 11.0 Å². The molecule has 0 unspecified atom stereocenters. The highest BCUT2D eigenvalue weighted by atomic mass is 32.2. The Kier molecular flexibility index (Phi) is 3.85. The number of sulfone groups is 1. The van der Waals surface area contributed by atoms with E-state index in [0.717, 1.165) is 0 Å². The van der Waals surface area contributed by atoms with E-state index in [0.29, 0.717) is 29.5 Å². The van der Waals surface area contributed by atoms with Crippen molar-refractivity contribution in [3.8, 4) is 0 Å². The summed E-state index contributed by atoms with van der Waals surface area (Å²) in [7, 11) is -3.00. The summed E-state index contributed by atoms with van der Waals surface area (Å²) < 4.78 is 27.9. The number of benzene rings is 1. The molecule has 0 atom stereocenters. The fourth-order valence-electron chi connectivity index (χ4n) is 2.62. The third-order valence-corrected chi connectivity index (χ3v) is 5.64. The first kappa shape index (κ1) is 15.5. The zero-order chi connectivity index (χ0) is 16.6. The van der Waals surface area contributed by atoms with Crippen LogP contribution < -0.4 is 5.32 Å². The van der Waals surface area contributed by atoms with E-state index in [1.54, 1.807) is 18.2 Å². The molecule has 2 heterocycles. The number of hydrogen-bond donors (Lipinski definition) is 2. The average molecular weight is 337 g/mol. The second-order valence-electron chi connectivity index (χ2n) is 5.58. The number of aromatic carboxylic acids is 1. The summed E-state index contributed by atoms with van der Waals surface area (Å²) in [5, 5.41) is 12.2. The average Bonchev–Trinajstić information content (AvgIpc) is 2.90. The number of rotatable bonds is 3. The van der Waals surface area contributed by atoms with Gasteiger partial charge in [-0.1, -0.05) is 0 Å². The zero-order valence-electron chi connectivity index (χ0n) is 12.1. The van der Waals surface area contributed by atoms with Crippen molar-refractivity contribution in [2.75, 3.05) is 16.8 Å². The number of anilines is 1. The molecule has 122 valence electrons. The van der Waals surface area contributed by atoms with Gasteiger partial charge in [0, 0.05) is 17.0 Å². The van der Waals surface area contributed by atoms with Gasteiger partial charge >= 0.3 is 5.97 Å². The van der Waals surface area contributed by atoms with Crippen molar-refractivity contribution in [3.05, 3.63) is 30.0 Å². The summed E-state index contributed by atoms with van der Waals surface area (Å²) in [5.74, 6) is -1.80. The van der Waals surface area contributed by atoms with Gasteiger partial charge in [-0.15, -0.1) is 0 Å². The van der Waals surface area contributed by atoms with E-state index in [9.17, 15) is 18.0 Å². The van der Waals surface area contributed by atoms with E-state index < -0.39 is 15.8 Å². The number of furan rings is 1. The fraction of sp³-hybridized carbons (Fsp3) is 0.333. The number of carboxylic acid groups (broad SMARTS) is 1. The van der Waals surface area contributed by atoms with Gasteiger partial charge in [0.2, 0.25) is 11.7 Å². The summed E-state index contributed by atoms with van der Waals surface area (Å²) in [4.78, 5) is 23.1. The minimum atomic E-state index is -3.00. The number of amides is 1. The van der Waals surface area contributed by atoms with Crippen molar-refractivity contribution in [3.63, 3.8) is 0 Å². The van der Waals surface area contributed by atoms with Crippen LogP contribution in [0.1, 0.15) is 23.4 Å². The lowest BCUT2D eigenvalue weighted by molar-refractivity contribution is -0.120. The molecule has 0 radical (unpaired) electrons. The van der Waals surface area contributed by atoms with Crippen molar-refractivity contribution < 1.29 is 27.5 Å². The van der Waals surface area contributed by atoms with Gasteiger partial charge in [-0.05, 0) is 37.1 Å². The summed E-state index contributed by atoms with van der Waals surface area (Å²) in [5.41, 5.74) is 0.942. The van der Waals surface area contributed by atoms with E-state index in [1.807, 2.05) is 0 Å². The number of fused-ring (bicyclic) bond motifs is 1. The van der Waals surface area contributed by atoms with Crippen LogP contribution in [0.5, 0.6) is 0 Å². The first-order valence-electron chi connectivity index (χ1n) is 7.12. The predicted molar refractivity (Wildman–Crippen MR) is 83.2 cm³/mol. The Bertz CT molecular complexity index is 869. The van der Waals surface area contributed by atoms with Crippen molar-refractivity contribution >= 4 is 38.4 Å². The first-order valence-corrected chi connectivity index (χ1v) is 8.94. The second-order valence-corrected chi connectivity index (χ2v) is 7.89. The molecule has 1 aliphatic rings. The Labute approximate surface area is 132 Å². The van der Waals surface area contributed by atoms with Crippen LogP contribution in [0.15, 0.2) is 28.7 Å². The van der Waals surface area contributed by atoms with Gasteiger partial charge in [0.05, 0.1) is 11.5 Å². The molecule has 3 rings (SSSR count). The predicted octanol–water partition coefficient (Wildman–Crippen LogP) is 1.89. The molecular formula is C15H15NO6S. The molecule has 1 saturated heterocycles. The SMILES string of the molecule is O=C(O)c1cc2cc(NC(=O)C3CCS(=O)(=O)CC3)ccc2o1. The number of hydrogen-bond acceptors (Lipinski definition) is 5. The molecule has 2 aromatic rings. The summed E-state index contributed by atoms with van der Waals surface area (Å²) in [6, 6.07) is 6.22. The minimum Gasteiger partial charge on any atom is -0.475 e. The summed E-state index contributed by atoms with van der Waals surface area (Å²) >= 11 is 0. The number of carboxylic acids is 1. The largest absolute Gasteiger partial charge is 0.475 e. The lowest BCUT2D eigenvalue weighted by Crippen LogP contribution is -2.31. The van der Waals surface area contributed by atoms with E-state index in [4.69, 9.17) is 9.52 Å². The third-order valence-electron chi connectivity index (χ3n) is 3.92. The molecule has 8 heteroatoms. The van der Waals surface area contributed by atoms with Crippen LogP contribution >= 0.6 is 0 Å². The highest BCUT2D eigenvalue weighted by molar-refractivity contribution is 7.91. The van der Waals surface area contributed by atoms with Crippen molar-refractivity contribution in [1.82, 2.24) is 0 Å². The summed E-state index contributed by atoms with van der Waals surface area (Å²) in [6.07, 6.45) is 0.649. The van der Waals surface area contributed by atoms with Crippen LogP contribution in [-0.4, -0.2) is 36.9 Å². The second kappa shape index (κ2) is 5.69. The molecule has 0 bridgehead atoms. The van der Waals surface area contributed by atoms with Gasteiger partial charge in [0.15, 0.2) is 0 Å². The van der Waals surface area contributed by atoms with Gasteiger partial charge < -0.3 is 14.8 Å². The van der Waals surface area contributed by atoms with Gasteiger partial charge in [-0.2, -0.15) is 0 Å². The molecule has 1 aromatic heterocycles. The van der Waals surface area contributed by atoms with Gasteiger partial charge in [-0.25, -0.2) is 13.2 Å². The lowest BCUT2D eigenvalue weighted by Gasteiger charge is -2.21. The number of carbonyl (C=O) groups excluding carboxylic acids is 1. The molecule has 2 N–H and O–H groups in total. The molecule has 23 heavy (non-hydrogen) atoms. The topological polar surface area (TPSA) is 114 Å². The smallest absolute Gasteiger partial charge is 0.371 e. The monoisotopic (exact) mass is 337 g/mol. The maximum atomic E-state index is 12.2. The van der Waals surface area contributed by atoms with E-state index in [2.05, 4.69) is 5.32 Å². The van der Waals surface area contributed by atoms with Crippen LogP contribution in [0.4, 0.5) is 5.69 Å². The molecule has 0 saturated carbocycles. The van der Waals surface area contributed by atoms with Gasteiger partial charge in [-0.3, -0.25) is 4.79 Å². The maximum Gasteiger partial charge on any atom is 0.371 e. The standard InChI is InChI=1S/C15H15NO6S/c17-14(9-3-5-23(20,21)6-4-9)16-11-1-2-12-10(7-11)8-13(22-12)15(18)19/h1-2,7-9H,3-6H2,(H,16,17)(H,18,19). The highest BCUT2D eigenvalue weighted by Crippen LogP contribution is 2.25. The first-order chi connectivity index (χ1) is 10.8. The van der Waals surface area contributed by atoms with Gasteiger partial charge in [0.25, 0.3) is 0 Å². The Morgan fingerprint density at radius 1 is 1.17 bits per heavy atom. The van der Waals surface area contributed by atoms with Crippen LogP contribution in [0.3, 0.4) is 0 Å². The fourth-order valence-corrected chi connectivity index (χ4v) is 4.11. The van der Waals surface area contributed by atoms with Crippen molar-refractivity contribution in [2.24, 2.45) is 5.92 Å². The Hall–Kier alpha value is -2.35. The lowest BCUT2D eigenvalue weighted by atomic mass is 10.0. The van der Waals surface area contributed by atoms with Crippen LogP contribution in [0, 0.1) is 5.92 Å². The molecule has 7 nitrogen and oxygen atoms in total. The highest BCUT2D eigenvalue weighted by Gasteiger charge is 2.28. The number of carbonyl (C=O) groups is 2. The van der Waals surface area contributed by atoms with E-state index in [1.165, 1.54) is 6.07 Å². The molecule has 1 amide bonds. The van der Waals surface area contributed by atoms with Crippen LogP contribution in [-0.2, 0) is 14.6 Å².